The molecule has 0 radical (unpaired) electrons. The lowest BCUT2D eigenvalue weighted by Crippen LogP contribution is -2.43. The van der Waals surface area contributed by atoms with Crippen LogP contribution in [0.25, 0.3) is 22.0 Å². The van der Waals surface area contributed by atoms with Gasteiger partial charge in [-0.1, -0.05) is 54.6 Å². The molecule has 1 aromatic heterocycles. The number of carbonyl (C=O) groups is 2. The summed E-state index contributed by atoms with van der Waals surface area (Å²) >= 11 is 0. The maximum Gasteiger partial charge on any atom is 0.250 e. The van der Waals surface area contributed by atoms with E-state index in [9.17, 15) is 9.59 Å². The fourth-order valence-electron chi connectivity index (χ4n) is 6.18. The molecule has 8 heteroatoms. The zero-order chi connectivity index (χ0) is 28.5. The quantitative estimate of drug-likeness (QED) is 0.289. The Hall–Kier alpha value is -4.01. The lowest BCUT2D eigenvalue weighted by atomic mass is 10.0. The molecule has 2 N–H and O–H groups in total. The van der Waals surface area contributed by atoms with E-state index >= 15 is 0 Å². The van der Waals surface area contributed by atoms with Gasteiger partial charge in [-0.25, -0.2) is 4.98 Å². The number of amides is 2. The summed E-state index contributed by atoms with van der Waals surface area (Å²) < 4.78 is 11.5. The highest BCUT2D eigenvalue weighted by Crippen LogP contribution is 2.36. The molecule has 7 rings (SSSR count). The zero-order valence-electron chi connectivity index (χ0n) is 23.6. The number of aromatic amines is 1. The van der Waals surface area contributed by atoms with Crippen LogP contribution in [-0.4, -0.2) is 53.0 Å². The standard InChI is InChI=1S/C34H36N4O4/c39-31(17-22-8-9-22)37-32(23-5-2-1-3-6-23)34(40)38-14-4-7-29(38)33-35-20-28(36-33)26-12-10-25-19-27(13-11-24(25)18-26)30-21-41-15-16-42-30/h1-3,5-6,10-13,18-20,22,29-30,32H,4,7-9,14-17,21H2,(H,35,36)(H,37,39)/t29-,30?,32-/m1/s1. The molecule has 4 aromatic rings. The van der Waals surface area contributed by atoms with Crippen molar-refractivity contribution in [2.24, 2.45) is 5.92 Å². The Balaban J connectivity index is 1.10. The van der Waals surface area contributed by atoms with Gasteiger partial charge in [0.2, 0.25) is 11.8 Å². The van der Waals surface area contributed by atoms with Gasteiger partial charge < -0.3 is 24.7 Å². The maximum absolute atomic E-state index is 14.0. The van der Waals surface area contributed by atoms with E-state index in [0.717, 1.165) is 64.7 Å². The number of imidazole rings is 1. The average Bonchev–Trinajstić information content (AvgIpc) is 3.49. The monoisotopic (exact) mass is 564 g/mol. The molecule has 8 nitrogen and oxygen atoms in total. The van der Waals surface area contributed by atoms with Crippen molar-refractivity contribution in [3.8, 4) is 11.3 Å². The zero-order valence-corrected chi connectivity index (χ0v) is 23.6. The van der Waals surface area contributed by atoms with Crippen LogP contribution in [0.1, 0.15) is 67.2 Å². The minimum absolute atomic E-state index is 0.0249. The van der Waals surface area contributed by atoms with Crippen LogP contribution in [0.2, 0.25) is 0 Å². The number of nitrogens with zero attached hydrogens (tertiary/aromatic N) is 2. The summed E-state index contributed by atoms with van der Waals surface area (Å²) in [4.78, 5) is 36.9. The van der Waals surface area contributed by atoms with Crippen LogP contribution in [0, 0.1) is 5.92 Å². The fraction of sp³-hybridized carbons (Fsp3) is 0.382. The molecule has 1 saturated carbocycles. The second-order valence-corrected chi connectivity index (χ2v) is 11.7. The Kier molecular flexibility index (Phi) is 7.48. The molecule has 3 fully saturated rings. The first-order valence-corrected chi connectivity index (χ1v) is 15.1. The van der Waals surface area contributed by atoms with E-state index in [1.54, 1.807) is 0 Å². The van der Waals surface area contributed by atoms with Crippen molar-refractivity contribution >= 4 is 22.6 Å². The first kappa shape index (κ1) is 26.9. The average molecular weight is 565 g/mol. The van der Waals surface area contributed by atoms with Crippen LogP contribution in [0.3, 0.4) is 0 Å². The molecule has 2 aliphatic heterocycles. The summed E-state index contributed by atoms with van der Waals surface area (Å²) in [5.41, 5.74) is 3.88. The number of ether oxygens (including phenoxy) is 2. The Labute approximate surface area is 245 Å². The first-order valence-electron chi connectivity index (χ1n) is 15.1. The Morgan fingerprint density at radius 1 is 1.00 bits per heavy atom. The second-order valence-electron chi connectivity index (χ2n) is 11.7. The summed E-state index contributed by atoms with van der Waals surface area (Å²) in [6.07, 6.45) is 6.21. The fourth-order valence-corrected chi connectivity index (χ4v) is 6.18. The van der Waals surface area contributed by atoms with Gasteiger partial charge in [0.15, 0.2) is 0 Å². The minimum Gasteiger partial charge on any atom is -0.376 e. The normalized spacial score (nSPS) is 21.4. The van der Waals surface area contributed by atoms with Gasteiger partial charge in [-0.3, -0.25) is 9.59 Å². The summed E-state index contributed by atoms with van der Waals surface area (Å²) in [5, 5.41) is 5.33. The molecule has 0 spiro atoms. The van der Waals surface area contributed by atoms with Crippen molar-refractivity contribution < 1.29 is 19.1 Å². The van der Waals surface area contributed by atoms with E-state index in [1.807, 2.05) is 41.4 Å². The van der Waals surface area contributed by atoms with Gasteiger partial charge in [0.1, 0.15) is 18.0 Å². The molecule has 0 bridgehead atoms. The van der Waals surface area contributed by atoms with Crippen LogP contribution >= 0.6 is 0 Å². The summed E-state index contributed by atoms with van der Waals surface area (Å²) in [6, 6.07) is 21.5. The third-order valence-corrected chi connectivity index (χ3v) is 8.67. The number of aromatic nitrogens is 2. The predicted octanol–water partition coefficient (Wildman–Crippen LogP) is 5.64. The summed E-state index contributed by atoms with van der Waals surface area (Å²) in [5.74, 6) is 1.09. The van der Waals surface area contributed by atoms with Gasteiger partial charge in [0, 0.05) is 18.5 Å². The second kappa shape index (κ2) is 11.7. The molecule has 2 saturated heterocycles. The number of carbonyl (C=O) groups excluding carboxylic acids is 2. The van der Waals surface area contributed by atoms with Crippen molar-refractivity contribution in [2.45, 2.75) is 50.3 Å². The van der Waals surface area contributed by atoms with Gasteiger partial charge >= 0.3 is 0 Å². The molecule has 216 valence electrons. The molecule has 42 heavy (non-hydrogen) atoms. The summed E-state index contributed by atoms with van der Waals surface area (Å²) in [6.45, 7) is 2.49. The van der Waals surface area contributed by atoms with Crippen LogP contribution in [-0.2, 0) is 19.1 Å². The van der Waals surface area contributed by atoms with E-state index in [2.05, 4.69) is 46.7 Å². The van der Waals surface area contributed by atoms with Crippen LogP contribution < -0.4 is 5.32 Å². The molecule has 2 amide bonds. The molecule has 3 aliphatic rings. The molecular weight excluding hydrogens is 528 g/mol. The topological polar surface area (TPSA) is 96.6 Å². The van der Waals surface area contributed by atoms with Crippen LogP contribution in [0.4, 0.5) is 0 Å². The highest BCUT2D eigenvalue weighted by atomic mass is 16.6. The van der Waals surface area contributed by atoms with Gasteiger partial charge in [-0.2, -0.15) is 0 Å². The first-order chi connectivity index (χ1) is 20.6. The number of hydrogen-bond donors (Lipinski definition) is 2. The smallest absolute Gasteiger partial charge is 0.250 e. The Bertz CT molecular complexity index is 1570. The molecule has 3 atom stereocenters. The van der Waals surface area contributed by atoms with Crippen LogP contribution in [0.15, 0.2) is 72.9 Å². The number of likely N-dealkylation sites (tertiary alicyclic amines) is 1. The maximum atomic E-state index is 14.0. The number of benzene rings is 3. The predicted molar refractivity (Wildman–Crippen MR) is 159 cm³/mol. The third kappa shape index (κ3) is 5.69. The van der Waals surface area contributed by atoms with Crippen molar-refractivity contribution in [3.05, 3.63) is 89.9 Å². The summed E-state index contributed by atoms with van der Waals surface area (Å²) in [7, 11) is 0. The Morgan fingerprint density at radius 3 is 2.64 bits per heavy atom. The van der Waals surface area contributed by atoms with Crippen molar-refractivity contribution in [1.82, 2.24) is 20.2 Å². The van der Waals surface area contributed by atoms with Gasteiger partial charge in [-0.05, 0) is 65.6 Å². The molecule has 3 aromatic carbocycles. The van der Waals surface area contributed by atoms with Crippen molar-refractivity contribution in [2.75, 3.05) is 26.4 Å². The Morgan fingerprint density at radius 2 is 1.83 bits per heavy atom. The molecular formula is C34H36N4O4. The van der Waals surface area contributed by atoms with E-state index in [4.69, 9.17) is 14.5 Å². The number of H-pyrrole nitrogens is 1. The van der Waals surface area contributed by atoms with Gasteiger partial charge in [-0.15, -0.1) is 0 Å². The lowest BCUT2D eigenvalue weighted by molar-refractivity contribution is -0.137. The minimum atomic E-state index is -0.705. The number of nitrogens with one attached hydrogen (secondary N) is 2. The largest absolute Gasteiger partial charge is 0.376 e. The van der Waals surface area contributed by atoms with E-state index in [1.165, 1.54) is 0 Å². The number of fused-ring (bicyclic) bond motifs is 1. The van der Waals surface area contributed by atoms with E-state index < -0.39 is 6.04 Å². The highest BCUT2D eigenvalue weighted by Gasteiger charge is 2.37. The molecule has 1 aliphatic carbocycles. The number of rotatable bonds is 8. The highest BCUT2D eigenvalue weighted by molar-refractivity contribution is 5.89. The third-order valence-electron chi connectivity index (χ3n) is 8.67. The lowest BCUT2D eigenvalue weighted by Gasteiger charge is -2.28. The van der Waals surface area contributed by atoms with Gasteiger partial charge in [0.25, 0.3) is 0 Å². The molecule has 1 unspecified atom stereocenters. The van der Waals surface area contributed by atoms with Crippen molar-refractivity contribution in [1.29, 1.82) is 0 Å². The number of hydrogen-bond acceptors (Lipinski definition) is 5. The molecule has 3 heterocycles. The van der Waals surface area contributed by atoms with E-state index in [-0.39, 0.29) is 24.0 Å². The van der Waals surface area contributed by atoms with E-state index in [0.29, 0.717) is 38.7 Å². The SMILES string of the molecule is O=C(CC1CC1)N[C@@H](C(=O)N1CCC[C@@H]1c1ncc(-c2ccc3cc(C4COCCO4)ccc3c2)[nH]1)c1ccccc1. The van der Waals surface area contributed by atoms with Gasteiger partial charge in [0.05, 0.1) is 37.8 Å². The van der Waals surface area contributed by atoms with Crippen LogP contribution in [0.5, 0.6) is 0 Å². The van der Waals surface area contributed by atoms with Crippen molar-refractivity contribution in [3.63, 3.8) is 0 Å².